The van der Waals surface area contributed by atoms with Crippen LogP contribution in [-0.2, 0) is 6.42 Å². The van der Waals surface area contributed by atoms with Gasteiger partial charge in [0, 0.05) is 23.9 Å². The summed E-state index contributed by atoms with van der Waals surface area (Å²) < 4.78 is 2.02. The second-order valence-electron chi connectivity index (χ2n) is 6.56. The predicted molar refractivity (Wildman–Crippen MR) is 81.9 cm³/mol. The van der Waals surface area contributed by atoms with E-state index in [1.807, 2.05) is 41.1 Å². The Kier molecular flexibility index (Phi) is 2.40. The van der Waals surface area contributed by atoms with E-state index in [4.69, 9.17) is 0 Å². The number of nitrogens with one attached hydrogen (secondary N) is 1. The molecule has 2 heterocycles. The van der Waals surface area contributed by atoms with Crippen LogP contribution in [0.25, 0.3) is 17.0 Å². The Labute approximate surface area is 122 Å². The number of H-pyrrole nitrogens is 1. The maximum atomic E-state index is 12.3. The largest absolute Gasteiger partial charge is 0.323 e. The van der Waals surface area contributed by atoms with Gasteiger partial charge in [0.2, 0.25) is 5.95 Å². The van der Waals surface area contributed by atoms with Gasteiger partial charge in [-0.15, -0.1) is 0 Å². The first-order valence-corrected chi connectivity index (χ1v) is 7.22. The lowest BCUT2D eigenvalue weighted by molar-refractivity contribution is 0.0911. The molecule has 1 N–H and O–H groups in total. The lowest BCUT2D eigenvalue weighted by Crippen LogP contribution is -2.27. The third-order valence-electron chi connectivity index (χ3n) is 4.18. The summed E-state index contributed by atoms with van der Waals surface area (Å²) in [6.07, 6.45) is 3.45. The van der Waals surface area contributed by atoms with Crippen LogP contribution in [0, 0.1) is 5.41 Å². The van der Waals surface area contributed by atoms with Crippen LogP contribution in [0.3, 0.4) is 0 Å². The molecule has 0 atom stereocenters. The highest BCUT2D eigenvalue weighted by Crippen LogP contribution is 2.36. The van der Waals surface area contributed by atoms with Crippen molar-refractivity contribution in [2.45, 2.75) is 26.7 Å². The van der Waals surface area contributed by atoms with Gasteiger partial charge in [-0.1, -0.05) is 26.0 Å². The van der Waals surface area contributed by atoms with Crippen LogP contribution < -0.4 is 0 Å². The minimum Gasteiger partial charge on any atom is -0.323 e. The molecule has 21 heavy (non-hydrogen) atoms. The van der Waals surface area contributed by atoms with Crippen molar-refractivity contribution >= 4 is 16.8 Å². The number of hydrogen-bond donors (Lipinski definition) is 1. The van der Waals surface area contributed by atoms with Gasteiger partial charge in [-0.2, -0.15) is 0 Å². The maximum absolute atomic E-state index is 12.3. The number of rotatable bonds is 1. The summed E-state index contributed by atoms with van der Waals surface area (Å²) in [5.41, 5.74) is 3.87. The van der Waals surface area contributed by atoms with Crippen molar-refractivity contribution in [2.75, 3.05) is 0 Å². The number of para-hydroxylation sites is 2. The summed E-state index contributed by atoms with van der Waals surface area (Å²) in [5, 5.41) is 0. The van der Waals surface area contributed by atoms with Gasteiger partial charge in [-0.25, -0.2) is 4.98 Å². The first-order valence-electron chi connectivity index (χ1n) is 7.22. The van der Waals surface area contributed by atoms with E-state index in [2.05, 4.69) is 23.8 Å². The lowest BCUT2D eigenvalue weighted by atomic mass is 9.76. The molecule has 0 bridgehead atoms. The van der Waals surface area contributed by atoms with E-state index in [1.54, 1.807) is 0 Å². The molecule has 0 radical (unpaired) electrons. The smallest absolute Gasteiger partial charge is 0.212 e. The van der Waals surface area contributed by atoms with Crippen molar-refractivity contribution in [3.05, 3.63) is 47.8 Å². The number of hydrogen-bond acceptors (Lipinski definition) is 2. The zero-order valence-electron chi connectivity index (χ0n) is 12.2. The van der Waals surface area contributed by atoms with Crippen molar-refractivity contribution in [1.82, 2.24) is 14.5 Å². The van der Waals surface area contributed by atoms with Crippen LogP contribution >= 0.6 is 0 Å². The second kappa shape index (κ2) is 4.07. The van der Waals surface area contributed by atoms with Crippen molar-refractivity contribution in [3.63, 3.8) is 0 Å². The van der Waals surface area contributed by atoms with E-state index >= 15 is 0 Å². The molecular weight excluding hydrogens is 262 g/mol. The van der Waals surface area contributed by atoms with Gasteiger partial charge >= 0.3 is 0 Å². The van der Waals surface area contributed by atoms with E-state index < -0.39 is 0 Å². The molecule has 1 aliphatic rings. The fraction of sp³-hybridized carbons (Fsp3) is 0.294. The third-order valence-corrected chi connectivity index (χ3v) is 4.18. The first-order chi connectivity index (χ1) is 10.0. The van der Waals surface area contributed by atoms with Crippen LogP contribution in [0.5, 0.6) is 0 Å². The van der Waals surface area contributed by atoms with Gasteiger partial charge in [0.25, 0.3) is 0 Å². The van der Waals surface area contributed by atoms with E-state index in [1.165, 1.54) is 0 Å². The minimum atomic E-state index is 0.00615. The van der Waals surface area contributed by atoms with Crippen LogP contribution in [0.15, 0.2) is 36.5 Å². The molecule has 1 aliphatic carbocycles. The monoisotopic (exact) mass is 279 g/mol. The quantitative estimate of drug-likeness (QED) is 0.741. The summed E-state index contributed by atoms with van der Waals surface area (Å²) in [6, 6.07) is 9.88. The van der Waals surface area contributed by atoms with Gasteiger partial charge in [0.15, 0.2) is 5.78 Å². The van der Waals surface area contributed by atoms with Crippen molar-refractivity contribution in [3.8, 4) is 5.95 Å². The maximum Gasteiger partial charge on any atom is 0.212 e. The Morgan fingerprint density at radius 3 is 2.81 bits per heavy atom. The molecule has 1 aromatic carbocycles. The third kappa shape index (κ3) is 1.90. The van der Waals surface area contributed by atoms with Gasteiger partial charge < -0.3 is 4.98 Å². The molecule has 3 aromatic rings. The first kappa shape index (κ1) is 12.4. The molecule has 0 saturated heterocycles. The Hall–Kier alpha value is -2.36. The summed E-state index contributed by atoms with van der Waals surface area (Å²) in [6.45, 7) is 4.29. The van der Waals surface area contributed by atoms with Crippen LogP contribution in [0.2, 0.25) is 0 Å². The Morgan fingerprint density at radius 1 is 1.19 bits per heavy atom. The summed E-state index contributed by atoms with van der Waals surface area (Å²) in [4.78, 5) is 20.2. The molecule has 0 aliphatic heterocycles. The number of carbonyl (C=O) groups is 1. The molecule has 0 unspecified atom stereocenters. The highest BCUT2D eigenvalue weighted by atomic mass is 16.1. The standard InChI is InChI=1S/C17H17N3O/c1-17(2)9-14-11(15(21)10-17)7-8-20(14)16-18-12-5-3-4-6-13(12)19-16/h3-8H,9-10H2,1-2H3,(H,18,19). The molecular formula is C17H17N3O. The Bertz CT molecular complexity index is 821. The normalized spacial score (nSPS) is 17.1. The number of ketones is 1. The zero-order chi connectivity index (χ0) is 14.6. The predicted octanol–water partition coefficient (Wildman–Crippen LogP) is 3.51. The van der Waals surface area contributed by atoms with Gasteiger partial charge in [0.05, 0.1) is 11.0 Å². The van der Waals surface area contributed by atoms with Crippen LogP contribution in [0.4, 0.5) is 0 Å². The molecule has 2 aromatic heterocycles. The fourth-order valence-corrected chi connectivity index (χ4v) is 3.20. The lowest BCUT2D eigenvalue weighted by Gasteiger charge is -2.29. The molecule has 0 spiro atoms. The number of imidazole rings is 1. The number of fused-ring (bicyclic) bond motifs is 2. The van der Waals surface area contributed by atoms with E-state index in [0.717, 1.165) is 34.7 Å². The van der Waals surface area contributed by atoms with E-state index in [9.17, 15) is 4.79 Å². The zero-order valence-corrected chi connectivity index (χ0v) is 12.2. The molecule has 4 rings (SSSR count). The summed E-state index contributed by atoms with van der Waals surface area (Å²) in [7, 11) is 0. The topological polar surface area (TPSA) is 50.7 Å². The summed E-state index contributed by atoms with van der Waals surface area (Å²) in [5.74, 6) is 1.01. The highest BCUT2D eigenvalue weighted by Gasteiger charge is 2.33. The molecule has 0 amide bonds. The average Bonchev–Trinajstić information content (AvgIpc) is 2.99. The Balaban J connectivity index is 1.89. The molecule has 0 fully saturated rings. The number of aromatic nitrogens is 3. The number of carbonyl (C=O) groups excluding carboxylic acids is 1. The second-order valence-corrected chi connectivity index (χ2v) is 6.56. The van der Waals surface area contributed by atoms with Gasteiger partial charge in [-0.3, -0.25) is 9.36 Å². The summed E-state index contributed by atoms with van der Waals surface area (Å²) >= 11 is 0. The van der Waals surface area contributed by atoms with Crippen molar-refractivity contribution in [1.29, 1.82) is 0 Å². The molecule has 4 heteroatoms. The number of benzene rings is 1. The number of nitrogens with zero attached hydrogens (tertiary/aromatic N) is 2. The Morgan fingerprint density at radius 2 is 2.00 bits per heavy atom. The average molecular weight is 279 g/mol. The SMILES string of the molecule is CC1(C)CC(=O)c2ccn(-c3nc4ccccc4[nH]3)c2C1. The molecule has 4 nitrogen and oxygen atoms in total. The van der Waals surface area contributed by atoms with E-state index in [-0.39, 0.29) is 11.2 Å². The molecule has 106 valence electrons. The van der Waals surface area contributed by atoms with E-state index in [0.29, 0.717) is 6.42 Å². The van der Waals surface area contributed by atoms with Crippen molar-refractivity contribution < 1.29 is 4.79 Å². The van der Waals surface area contributed by atoms with Crippen LogP contribution in [-0.4, -0.2) is 20.3 Å². The highest BCUT2D eigenvalue weighted by molar-refractivity contribution is 5.99. The molecule has 0 saturated carbocycles. The minimum absolute atomic E-state index is 0.00615. The fourth-order valence-electron chi connectivity index (χ4n) is 3.20. The van der Waals surface area contributed by atoms with Gasteiger partial charge in [0.1, 0.15) is 0 Å². The number of aromatic amines is 1. The van der Waals surface area contributed by atoms with Gasteiger partial charge in [-0.05, 0) is 30.0 Å². The van der Waals surface area contributed by atoms with Crippen LogP contribution in [0.1, 0.15) is 36.3 Å². The number of Topliss-reactive ketones (excluding diaryl/α,β-unsaturated/α-hetero) is 1. The van der Waals surface area contributed by atoms with Crippen molar-refractivity contribution in [2.24, 2.45) is 5.41 Å².